The van der Waals surface area contributed by atoms with Crippen molar-refractivity contribution >= 4 is 90.9 Å². The SMILES string of the molecule is c1cc(-c2ccc3sc4ccccc4c3c2)cc(N(c2ccc(-c3cccc4ccccc34)cc2)c2cccc(-c3cccc4c3sc3ccccc34)c2)c1. The number of benzene rings is 9. The van der Waals surface area contributed by atoms with Gasteiger partial charge in [-0.1, -0.05) is 140 Å². The van der Waals surface area contributed by atoms with Gasteiger partial charge in [-0.05, 0) is 105 Å². The van der Waals surface area contributed by atoms with Gasteiger partial charge >= 0.3 is 0 Å². The van der Waals surface area contributed by atoms with Crippen molar-refractivity contribution in [3.8, 4) is 33.4 Å². The van der Waals surface area contributed by atoms with Gasteiger partial charge in [-0.25, -0.2) is 0 Å². The molecular formula is C52H33NS2. The summed E-state index contributed by atoms with van der Waals surface area (Å²) in [6.07, 6.45) is 0. The summed E-state index contributed by atoms with van der Waals surface area (Å²) in [7, 11) is 0. The number of nitrogens with zero attached hydrogens (tertiary/aromatic N) is 1. The van der Waals surface area contributed by atoms with E-state index in [0.29, 0.717) is 0 Å². The van der Waals surface area contributed by atoms with E-state index in [2.05, 4.69) is 205 Å². The van der Waals surface area contributed by atoms with Gasteiger partial charge in [0, 0.05) is 57.4 Å². The molecule has 0 amide bonds. The first kappa shape index (κ1) is 32.0. The third kappa shape index (κ3) is 5.51. The highest BCUT2D eigenvalue weighted by Crippen LogP contribution is 2.44. The summed E-state index contributed by atoms with van der Waals surface area (Å²) in [4.78, 5) is 2.41. The van der Waals surface area contributed by atoms with Gasteiger partial charge in [0.2, 0.25) is 0 Å². The van der Waals surface area contributed by atoms with Crippen molar-refractivity contribution in [1.29, 1.82) is 0 Å². The maximum atomic E-state index is 2.41. The Kier molecular flexibility index (Phi) is 7.61. The Morgan fingerprint density at radius 1 is 0.291 bits per heavy atom. The Balaban J connectivity index is 1.06. The van der Waals surface area contributed by atoms with Crippen LogP contribution in [-0.2, 0) is 0 Å². The fourth-order valence-electron chi connectivity index (χ4n) is 8.23. The van der Waals surface area contributed by atoms with Crippen molar-refractivity contribution < 1.29 is 0 Å². The fourth-order valence-corrected chi connectivity index (χ4v) is 10.6. The number of anilines is 3. The van der Waals surface area contributed by atoms with E-state index in [0.717, 1.165) is 17.1 Å². The van der Waals surface area contributed by atoms with E-state index in [-0.39, 0.29) is 0 Å². The van der Waals surface area contributed by atoms with Crippen LogP contribution in [0.5, 0.6) is 0 Å². The molecule has 0 aliphatic heterocycles. The molecule has 0 aliphatic rings. The monoisotopic (exact) mass is 735 g/mol. The highest BCUT2D eigenvalue weighted by molar-refractivity contribution is 7.26. The summed E-state index contributed by atoms with van der Waals surface area (Å²) in [6.45, 7) is 0. The Labute approximate surface area is 327 Å². The Morgan fingerprint density at radius 2 is 0.836 bits per heavy atom. The van der Waals surface area contributed by atoms with Crippen LogP contribution in [-0.4, -0.2) is 0 Å². The number of rotatable bonds is 6. The van der Waals surface area contributed by atoms with E-state index in [1.807, 2.05) is 22.7 Å². The lowest BCUT2D eigenvalue weighted by Crippen LogP contribution is -2.10. The normalized spacial score (nSPS) is 11.6. The van der Waals surface area contributed by atoms with Crippen LogP contribution >= 0.6 is 22.7 Å². The van der Waals surface area contributed by atoms with Crippen molar-refractivity contribution in [2.75, 3.05) is 4.90 Å². The van der Waals surface area contributed by atoms with Crippen LogP contribution in [0.4, 0.5) is 17.1 Å². The lowest BCUT2D eigenvalue weighted by atomic mass is 9.97. The number of hydrogen-bond acceptors (Lipinski definition) is 3. The molecule has 0 N–H and O–H groups in total. The number of fused-ring (bicyclic) bond motifs is 7. The van der Waals surface area contributed by atoms with Crippen molar-refractivity contribution in [3.63, 3.8) is 0 Å². The van der Waals surface area contributed by atoms with Gasteiger partial charge in [0.15, 0.2) is 0 Å². The first-order chi connectivity index (χ1) is 27.2. The summed E-state index contributed by atoms with van der Waals surface area (Å²) in [5.41, 5.74) is 10.7. The molecule has 11 rings (SSSR count). The third-order valence-electron chi connectivity index (χ3n) is 10.9. The maximum Gasteiger partial charge on any atom is 0.0467 e. The van der Waals surface area contributed by atoms with Gasteiger partial charge in [0.05, 0.1) is 0 Å². The van der Waals surface area contributed by atoms with Gasteiger partial charge < -0.3 is 4.90 Å². The fraction of sp³-hybridized carbons (Fsp3) is 0. The smallest absolute Gasteiger partial charge is 0.0467 e. The second kappa shape index (κ2) is 13.1. The minimum atomic E-state index is 1.11. The molecule has 1 nitrogen and oxygen atoms in total. The molecule has 0 saturated carbocycles. The summed E-state index contributed by atoms with van der Waals surface area (Å²) < 4.78 is 5.29. The molecule has 0 unspecified atom stereocenters. The number of thiophene rings is 2. The summed E-state index contributed by atoms with van der Waals surface area (Å²) >= 11 is 3.74. The second-order valence-electron chi connectivity index (χ2n) is 14.1. The van der Waals surface area contributed by atoms with Gasteiger partial charge in [-0.2, -0.15) is 0 Å². The molecule has 258 valence electrons. The minimum Gasteiger partial charge on any atom is -0.310 e. The molecule has 9 aromatic carbocycles. The predicted molar refractivity (Wildman–Crippen MR) is 241 cm³/mol. The van der Waals surface area contributed by atoms with Crippen LogP contribution in [0.2, 0.25) is 0 Å². The Morgan fingerprint density at radius 3 is 1.65 bits per heavy atom. The molecule has 0 fully saturated rings. The molecule has 0 radical (unpaired) electrons. The molecule has 3 heteroatoms. The van der Waals surface area contributed by atoms with E-state index < -0.39 is 0 Å². The Hall–Kier alpha value is -6.52. The quantitative estimate of drug-likeness (QED) is 0.164. The molecule has 0 bridgehead atoms. The predicted octanol–water partition coefficient (Wildman–Crippen LogP) is 16.0. The van der Waals surface area contributed by atoms with E-state index in [1.54, 1.807) is 0 Å². The van der Waals surface area contributed by atoms with Gasteiger partial charge in [-0.15, -0.1) is 22.7 Å². The van der Waals surface area contributed by atoms with E-state index in [9.17, 15) is 0 Å². The zero-order valence-electron chi connectivity index (χ0n) is 29.8. The van der Waals surface area contributed by atoms with Crippen molar-refractivity contribution in [2.24, 2.45) is 0 Å². The summed E-state index contributed by atoms with van der Waals surface area (Å²) in [6, 6.07) is 73.5. The molecular weight excluding hydrogens is 703 g/mol. The van der Waals surface area contributed by atoms with Crippen molar-refractivity contribution in [3.05, 3.63) is 200 Å². The van der Waals surface area contributed by atoms with E-state index >= 15 is 0 Å². The minimum absolute atomic E-state index is 1.11. The maximum absolute atomic E-state index is 2.41. The zero-order chi connectivity index (χ0) is 36.3. The highest BCUT2D eigenvalue weighted by Gasteiger charge is 2.17. The van der Waals surface area contributed by atoms with Crippen LogP contribution < -0.4 is 4.90 Å². The van der Waals surface area contributed by atoms with Gasteiger partial charge in [0.1, 0.15) is 0 Å². The van der Waals surface area contributed by atoms with E-state index in [4.69, 9.17) is 0 Å². The molecule has 2 heterocycles. The molecule has 55 heavy (non-hydrogen) atoms. The van der Waals surface area contributed by atoms with Gasteiger partial charge in [-0.3, -0.25) is 0 Å². The van der Waals surface area contributed by atoms with Crippen LogP contribution in [0, 0.1) is 0 Å². The summed E-state index contributed by atoms with van der Waals surface area (Å²) in [5, 5.41) is 7.78. The third-order valence-corrected chi connectivity index (χ3v) is 13.2. The van der Waals surface area contributed by atoms with Crippen LogP contribution in [0.1, 0.15) is 0 Å². The first-order valence-corrected chi connectivity index (χ1v) is 20.3. The van der Waals surface area contributed by atoms with Crippen LogP contribution in [0.25, 0.3) is 84.5 Å². The Bertz CT molecular complexity index is 3220. The van der Waals surface area contributed by atoms with Crippen molar-refractivity contribution in [1.82, 2.24) is 0 Å². The first-order valence-electron chi connectivity index (χ1n) is 18.7. The van der Waals surface area contributed by atoms with Crippen LogP contribution in [0.15, 0.2) is 200 Å². The highest BCUT2D eigenvalue weighted by atomic mass is 32.1. The topological polar surface area (TPSA) is 3.24 Å². The molecule has 0 aliphatic carbocycles. The average Bonchev–Trinajstić information content (AvgIpc) is 3.82. The summed E-state index contributed by atoms with van der Waals surface area (Å²) in [5.74, 6) is 0. The molecule has 0 atom stereocenters. The van der Waals surface area contributed by atoms with Crippen LogP contribution in [0.3, 0.4) is 0 Å². The zero-order valence-corrected chi connectivity index (χ0v) is 31.4. The number of hydrogen-bond donors (Lipinski definition) is 0. The lowest BCUT2D eigenvalue weighted by Gasteiger charge is -2.27. The van der Waals surface area contributed by atoms with Gasteiger partial charge in [0.25, 0.3) is 0 Å². The standard InChI is InChI=1S/C52H33NS2/c1-2-17-42-34(11-1)12-9-20-43(42)35-25-28-39(29-26-35)53(40-15-7-13-36(31-40)37-27-30-51-48(33-37)46-19-4-5-23-49(46)54-51)41-16-8-14-38(32-41)44-21-10-22-47-45-18-3-6-24-50(45)55-52(44)47/h1-33H. The molecule has 11 aromatic rings. The average molecular weight is 736 g/mol. The molecule has 0 spiro atoms. The molecule has 2 aromatic heterocycles. The second-order valence-corrected chi connectivity index (χ2v) is 16.2. The molecule has 0 saturated heterocycles. The van der Waals surface area contributed by atoms with E-state index in [1.165, 1.54) is 84.5 Å². The van der Waals surface area contributed by atoms with Crippen molar-refractivity contribution in [2.45, 2.75) is 0 Å². The lowest BCUT2D eigenvalue weighted by molar-refractivity contribution is 1.28. The largest absolute Gasteiger partial charge is 0.310 e.